The van der Waals surface area contributed by atoms with Gasteiger partial charge in [-0.25, -0.2) is 0 Å². The van der Waals surface area contributed by atoms with Gasteiger partial charge >= 0.3 is 0 Å². The van der Waals surface area contributed by atoms with Gasteiger partial charge in [-0.15, -0.1) is 11.8 Å². The second-order valence-electron chi connectivity index (χ2n) is 5.22. The van der Waals surface area contributed by atoms with E-state index in [1.165, 1.54) is 16.0 Å². The summed E-state index contributed by atoms with van der Waals surface area (Å²) in [6, 6.07) is 10.5. The maximum atomic E-state index is 11.7. The van der Waals surface area contributed by atoms with E-state index in [1.807, 2.05) is 24.0 Å². The van der Waals surface area contributed by atoms with Gasteiger partial charge in [0.2, 0.25) is 0 Å². The Balaban J connectivity index is 1.57. The summed E-state index contributed by atoms with van der Waals surface area (Å²) in [7, 11) is 0. The number of fused-ring (bicyclic) bond motifs is 1. The first-order valence-corrected chi connectivity index (χ1v) is 8.23. The molecule has 1 aliphatic carbocycles. The normalized spacial score (nSPS) is 13.4. The summed E-state index contributed by atoms with van der Waals surface area (Å²) >= 11 is 1.90. The Hall–Kier alpha value is -1.48. The molecule has 104 valence electrons. The van der Waals surface area contributed by atoms with Crippen molar-refractivity contribution < 1.29 is 0 Å². The molecular weight excluding hydrogens is 266 g/mol. The van der Waals surface area contributed by atoms with Crippen LogP contribution in [0.4, 0.5) is 0 Å². The molecule has 1 aromatic heterocycles. The van der Waals surface area contributed by atoms with Crippen molar-refractivity contribution in [1.82, 2.24) is 4.98 Å². The van der Waals surface area contributed by atoms with Gasteiger partial charge in [-0.05, 0) is 61.1 Å². The predicted molar refractivity (Wildman–Crippen MR) is 84.6 cm³/mol. The molecule has 0 saturated carbocycles. The molecule has 20 heavy (non-hydrogen) atoms. The molecule has 0 aliphatic heterocycles. The number of H-pyrrole nitrogens is 1. The van der Waals surface area contributed by atoms with Crippen LogP contribution in [0.25, 0.3) is 0 Å². The fourth-order valence-corrected chi connectivity index (χ4v) is 3.74. The molecule has 0 saturated heterocycles. The first-order valence-electron chi connectivity index (χ1n) is 7.25. The third-order valence-corrected chi connectivity index (χ3v) is 4.96. The van der Waals surface area contributed by atoms with Crippen LogP contribution in [0.15, 0.2) is 46.2 Å². The number of hydrogen-bond donors (Lipinski definition) is 1. The summed E-state index contributed by atoms with van der Waals surface area (Å²) in [5.74, 6) is 1.12. The van der Waals surface area contributed by atoms with E-state index in [1.54, 1.807) is 0 Å². The number of rotatable bonds is 5. The summed E-state index contributed by atoms with van der Waals surface area (Å²) in [5.41, 5.74) is 3.85. The van der Waals surface area contributed by atoms with Gasteiger partial charge in [0.1, 0.15) is 0 Å². The molecule has 0 bridgehead atoms. The molecule has 0 amide bonds. The summed E-state index contributed by atoms with van der Waals surface area (Å²) in [4.78, 5) is 15.9. The van der Waals surface area contributed by atoms with Crippen molar-refractivity contribution in [2.45, 2.75) is 37.0 Å². The molecule has 0 atom stereocenters. The summed E-state index contributed by atoms with van der Waals surface area (Å²) in [5, 5.41) is 0. The maximum Gasteiger partial charge on any atom is 0.251 e. The molecule has 1 N–H and O–H groups in total. The first-order chi connectivity index (χ1) is 9.84. The van der Waals surface area contributed by atoms with Gasteiger partial charge in [0.15, 0.2) is 0 Å². The number of aromatic amines is 1. The van der Waals surface area contributed by atoms with Crippen molar-refractivity contribution in [1.29, 1.82) is 0 Å². The van der Waals surface area contributed by atoms with Gasteiger partial charge in [0.25, 0.3) is 5.56 Å². The third kappa shape index (κ3) is 2.98. The van der Waals surface area contributed by atoms with Crippen molar-refractivity contribution in [3.8, 4) is 0 Å². The van der Waals surface area contributed by atoms with Crippen LogP contribution in [-0.4, -0.2) is 10.7 Å². The fourth-order valence-electron chi connectivity index (χ4n) is 2.87. The van der Waals surface area contributed by atoms with Crippen molar-refractivity contribution in [2.75, 3.05) is 5.75 Å². The lowest BCUT2D eigenvalue weighted by atomic mass is 10.0. The van der Waals surface area contributed by atoms with Crippen LogP contribution < -0.4 is 5.56 Å². The van der Waals surface area contributed by atoms with Crippen molar-refractivity contribution in [2.24, 2.45) is 0 Å². The zero-order valence-electron chi connectivity index (χ0n) is 11.5. The number of benzene rings is 1. The van der Waals surface area contributed by atoms with Crippen molar-refractivity contribution in [3.63, 3.8) is 0 Å². The van der Waals surface area contributed by atoms with Crippen LogP contribution in [0.5, 0.6) is 0 Å². The number of thioether (sulfide) groups is 1. The quantitative estimate of drug-likeness (QED) is 0.672. The van der Waals surface area contributed by atoms with E-state index in [0.29, 0.717) is 0 Å². The Labute approximate surface area is 123 Å². The van der Waals surface area contributed by atoms with Gasteiger partial charge in [-0.2, -0.15) is 0 Å². The minimum Gasteiger partial charge on any atom is -0.329 e. The average molecular weight is 285 g/mol. The molecule has 1 aliphatic rings. The smallest absolute Gasteiger partial charge is 0.251 e. The molecule has 1 aromatic carbocycles. The van der Waals surface area contributed by atoms with E-state index in [0.717, 1.165) is 43.4 Å². The highest BCUT2D eigenvalue weighted by Crippen LogP contribution is 2.24. The SMILES string of the molecule is O=c1[nH]cc(CCCSc2ccccc2)c2c1CCC2. The topological polar surface area (TPSA) is 32.9 Å². The van der Waals surface area contributed by atoms with Crippen LogP contribution in [0.3, 0.4) is 0 Å². The highest BCUT2D eigenvalue weighted by molar-refractivity contribution is 7.99. The van der Waals surface area contributed by atoms with Gasteiger partial charge in [-0.1, -0.05) is 18.2 Å². The maximum absolute atomic E-state index is 11.7. The van der Waals surface area contributed by atoms with Gasteiger partial charge in [-0.3, -0.25) is 4.79 Å². The molecule has 2 aromatic rings. The van der Waals surface area contributed by atoms with Gasteiger partial charge < -0.3 is 4.98 Å². The van der Waals surface area contributed by atoms with Crippen LogP contribution in [0.2, 0.25) is 0 Å². The summed E-state index contributed by atoms with van der Waals surface area (Å²) in [6.07, 6.45) is 7.32. The second kappa shape index (κ2) is 6.31. The molecule has 3 rings (SSSR count). The zero-order chi connectivity index (χ0) is 13.8. The Bertz CT molecular complexity index is 633. The molecule has 2 nitrogen and oxygen atoms in total. The van der Waals surface area contributed by atoms with E-state index in [2.05, 4.69) is 29.2 Å². The van der Waals surface area contributed by atoms with Crippen LogP contribution in [0.1, 0.15) is 29.5 Å². The monoisotopic (exact) mass is 285 g/mol. The molecule has 0 spiro atoms. The lowest BCUT2D eigenvalue weighted by molar-refractivity contribution is 0.882. The summed E-state index contributed by atoms with van der Waals surface area (Å²) in [6.45, 7) is 0. The fraction of sp³-hybridized carbons (Fsp3) is 0.353. The number of aromatic nitrogens is 1. The predicted octanol–water partition coefficient (Wildman–Crippen LogP) is 3.59. The van der Waals surface area contributed by atoms with E-state index < -0.39 is 0 Å². The third-order valence-electron chi connectivity index (χ3n) is 3.86. The molecule has 0 fully saturated rings. The Morgan fingerprint density at radius 3 is 2.75 bits per heavy atom. The Kier molecular flexibility index (Phi) is 4.26. The zero-order valence-corrected chi connectivity index (χ0v) is 12.3. The van der Waals surface area contributed by atoms with E-state index in [4.69, 9.17) is 0 Å². The standard InChI is InChI=1S/C17H19NOS/c19-17-16-10-4-9-15(16)13(12-18-17)6-5-11-20-14-7-2-1-3-8-14/h1-3,7-8,12H,4-6,9-11H2,(H,18,19). The van der Waals surface area contributed by atoms with Crippen molar-refractivity contribution in [3.05, 3.63) is 63.6 Å². The van der Waals surface area contributed by atoms with E-state index in [9.17, 15) is 4.79 Å². The largest absolute Gasteiger partial charge is 0.329 e. The average Bonchev–Trinajstić information content (AvgIpc) is 2.97. The van der Waals surface area contributed by atoms with Crippen LogP contribution >= 0.6 is 11.8 Å². The van der Waals surface area contributed by atoms with Crippen LogP contribution in [0, 0.1) is 0 Å². The lowest BCUT2D eigenvalue weighted by Gasteiger charge is -2.07. The number of nitrogens with one attached hydrogen (secondary N) is 1. The highest BCUT2D eigenvalue weighted by Gasteiger charge is 2.17. The second-order valence-corrected chi connectivity index (χ2v) is 6.39. The minimum absolute atomic E-state index is 0.125. The number of pyridine rings is 1. The molecule has 3 heteroatoms. The lowest BCUT2D eigenvalue weighted by Crippen LogP contribution is -2.13. The first kappa shape index (κ1) is 13.5. The number of hydrogen-bond acceptors (Lipinski definition) is 2. The number of aryl methyl sites for hydroxylation is 1. The molecule has 0 radical (unpaired) electrons. The highest BCUT2D eigenvalue weighted by atomic mass is 32.2. The van der Waals surface area contributed by atoms with Crippen molar-refractivity contribution >= 4 is 11.8 Å². The molecular formula is C17H19NOS. The summed E-state index contributed by atoms with van der Waals surface area (Å²) < 4.78 is 0. The Morgan fingerprint density at radius 2 is 1.90 bits per heavy atom. The van der Waals surface area contributed by atoms with E-state index in [-0.39, 0.29) is 5.56 Å². The molecule has 0 unspecified atom stereocenters. The van der Waals surface area contributed by atoms with E-state index >= 15 is 0 Å². The molecule has 1 heterocycles. The minimum atomic E-state index is 0.125. The van der Waals surface area contributed by atoms with Gasteiger partial charge in [0.05, 0.1) is 0 Å². The van der Waals surface area contributed by atoms with Crippen LogP contribution in [-0.2, 0) is 19.3 Å². The Morgan fingerprint density at radius 1 is 1.10 bits per heavy atom. The van der Waals surface area contributed by atoms with Gasteiger partial charge in [0, 0.05) is 16.7 Å².